The molecule has 122 valence electrons. The highest BCUT2D eigenvalue weighted by Gasteiger charge is 2.31. The maximum atomic E-state index is 12.5. The first-order chi connectivity index (χ1) is 10.4. The van der Waals surface area contributed by atoms with Crippen LogP contribution >= 0.6 is 23.1 Å². The molecule has 0 spiro atoms. The van der Waals surface area contributed by atoms with Crippen molar-refractivity contribution >= 4 is 45.0 Å². The molecule has 0 bridgehead atoms. The second kappa shape index (κ2) is 6.99. The van der Waals surface area contributed by atoms with Crippen LogP contribution in [-0.2, 0) is 14.8 Å². The van der Waals surface area contributed by atoms with Crippen LogP contribution < -0.4 is 0 Å². The molecule has 1 amide bonds. The Labute approximate surface area is 137 Å². The monoisotopic (exact) mass is 364 g/mol. The lowest BCUT2D eigenvalue weighted by atomic mass is 10.3. The van der Waals surface area contributed by atoms with E-state index in [-0.39, 0.29) is 28.8 Å². The highest BCUT2D eigenvalue weighted by molar-refractivity contribution is 7.99. The van der Waals surface area contributed by atoms with Crippen LogP contribution in [0, 0.1) is 0 Å². The number of amides is 1. The number of carboxylic acids is 1. The molecule has 10 heteroatoms. The molecular weight excluding hydrogens is 348 g/mol. The van der Waals surface area contributed by atoms with Gasteiger partial charge in [0.05, 0.1) is 11.3 Å². The number of thiophene rings is 1. The number of carbonyl (C=O) groups is 2. The van der Waals surface area contributed by atoms with Crippen LogP contribution in [0.15, 0.2) is 15.7 Å². The van der Waals surface area contributed by atoms with Crippen LogP contribution in [0.1, 0.15) is 10.4 Å². The van der Waals surface area contributed by atoms with Crippen LogP contribution in [-0.4, -0.2) is 72.8 Å². The summed E-state index contributed by atoms with van der Waals surface area (Å²) in [5, 5.41) is 10.2. The summed E-state index contributed by atoms with van der Waals surface area (Å²) in [6.45, 7) is 1.16. The van der Waals surface area contributed by atoms with Gasteiger partial charge < -0.3 is 10.0 Å². The van der Waals surface area contributed by atoms with Crippen LogP contribution in [0.4, 0.5) is 0 Å². The van der Waals surface area contributed by atoms with Crippen LogP contribution in [0.2, 0.25) is 0 Å². The Bertz CT molecular complexity index is 662. The van der Waals surface area contributed by atoms with Crippen LogP contribution in [0.25, 0.3) is 0 Å². The lowest BCUT2D eigenvalue weighted by Gasteiger charge is -2.33. The van der Waals surface area contributed by atoms with Crippen molar-refractivity contribution in [2.24, 2.45) is 0 Å². The summed E-state index contributed by atoms with van der Waals surface area (Å²) in [7, 11) is -3.69. The highest BCUT2D eigenvalue weighted by Crippen LogP contribution is 2.25. The molecule has 2 rings (SSSR count). The third-order valence-corrected chi connectivity index (χ3v) is 7.13. The molecule has 1 aromatic rings. The Morgan fingerprint density at radius 2 is 1.95 bits per heavy atom. The van der Waals surface area contributed by atoms with Crippen LogP contribution in [0.5, 0.6) is 0 Å². The number of rotatable bonds is 5. The van der Waals surface area contributed by atoms with Gasteiger partial charge in [-0.2, -0.15) is 16.1 Å². The molecule has 1 N–H and O–H groups in total. The number of thioether (sulfide) groups is 1. The lowest BCUT2D eigenvalue weighted by molar-refractivity contribution is -0.129. The summed E-state index contributed by atoms with van der Waals surface area (Å²) in [5.74, 6) is -0.751. The molecule has 0 unspecified atom stereocenters. The van der Waals surface area contributed by atoms with Crippen LogP contribution in [0.3, 0.4) is 0 Å². The molecule has 0 atom stereocenters. The van der Waals surface area contributed by atoms with E-state index in [1.807, 2.05) is 6.26 Å². The zero-order chi connectivity index (χ0) is 16.3. The minimum Gasteiger partial charge on any atom is -0.478 e. The zero-order valence-electron chi connectivity index (χ0n) is 11.9. The zero-order valence-corrected chi connectivity index (χ0v) is 14.3. The number of hydrogen-bond donors (Lipinski definition) is 1. The Balaban J connectivity index is 2.06. The van der Waals surface area contributed by atoms with Crippen molar-refractivity contribution in [1.82, 2.24) is 9.21 Å². The smallest absolute Gasteiger partial charge is 0.336 e. The van der Waals surface area contributed by atoms with E-state index in [4.69, 9.17) is 5.11 Å². The third kappa shape index (κ3) is 3.62. The maximum Gasteiger partial charge on any atom is 0.336 e. The van der Waals surface area contributed by atoms with Crippen molar-refractivity contribution in [2.75, 3.05) is 38.2 Å². The number of nitrogens with zero attached hydrogens (tertiary/aromatic N) is 2. The van der Waals surface area contributed by atoms with Gasteiger partial charge in [-0.3, -0.25) is 4.79 Å². The topological polar surface area (TPSA) is 95.0 Å². The normalized spacial score (nSPS) is 16.7. The summed E-state index contributed by atoms with van der Waals surface area (Å²) in [6.07, 6.45) is 1.84. The van der Waals surface area contributed by atoms with E-state index >= 15 is 0 Å². The molecular formula is C12H16N2O5S3. The van der Waals surface area contributed by atoms with Gasteiger partial charge in [0, 0.05) is 31.6 Å². The first-order valence-electron chi connectivity index (χ1n) is 6.45. The van der Waals surface area contributed by atoms with Crippen molar-refractivity contribution in [2.45, 2.75) is 4.21 Å². The largest absolute Gasteiger partial charge is 0.478 e. The summed E-state index contributed by atoms with van der Waals surface area (Å²) in [4.78, 5) is 24.3. The number of piperazine rings is 1. The van der Waals surface area contributed by atoms with E-state index in [9.17, 15) is 18.0 Å². The molecule has 0 aromatic carbocycles. The van der Waals surface area contributed by atoms with E-state index in [1.54, 1.807) is 4.90 Å². The summed E-state index contributed by atoms with van der Waals surface area (Å²) < 4.78 is 26.2. The molecule has 1 fully saturated rings. The predicted molar refractivity (Wildman–Crippen MR) is 85.0 cm³/mol. The quantitative estimate of drug-likeness (QED) is 0.824. The van der Waals surface area contributed by atoms with E-state index in [2.05, 4.69) is 0 Å². The van der Waals surface area contributed by atoms with E-state index in [0.29, 0.717) is 18.8 Å². The molecule has 0 saturated carbocycles. The highest BCUT2D eigenvalue weighted by atomic mass is 32.2. The Hall–Kier alpha value is -1.10. The summed E-state index contributed by atoms with van der Waals surface area (Å²) in [5.41, 5.74) is -0.0302. The minimum atomic E-state index is -3.69. The fraction of sp³-hybridized carbons (Fsp3) is 0.500. The van der Waals surface area contributed by atoms with Crippen molar-refractivity contribution in [1.29, 1.82) is 0 Å². The minimum absolute atomic E-state index is 0.00818. The van der Waals surface area contributed by atoms with E-state index in [0.717, 1.165) is 11.3 Å². The number of carbonyl (C=O) groups excluding carboxylic acids is 1. The van der Waals surface area contributed by atoms with Gasteiger partial charge in [0.2, 0.25) is 5.91 Å². The van der Waals surface area contributed by atoms with Crippen molar-refractivity contribution in [3.8, 4) is 0 Å². The van der Waals surface area contributed by atoms with Crippen molar-refractivity contribution in [3.63, 3.8) is 0 Å². The Morgan fingerprint density at radius 3 is 2.45 bits per heavy atom. The summed E-state index contributed by atoms with van der Waals surface area (Å²) >= 11 is 2.33. The van der Waals surface area contributed by atoms with Gasteiger partial charge >= 0.3 is 5.97 Å². The van der Waals surface area contributed by atoms with Gasteiger partial charge in [-0.1, -0.05) is 0 Å². The Morgan fingerprint density at radius 1 is 1.32 bits per heavy atom. The molecule has 2 heterocycles. The fourth-order valence-electron chi connectivity index (χ4n) is 2.08. The fourth-order valence-corrected chi connectivity index (χ4v) is 5.24. The third-order valence-electron chi connectivity index (χ3n) is 3.28. The predicted octanol–water partition coefficient (Wildman–Crippen LogP) is 0.642. The van der Waals surface area contributed by atoms with Gasteiger partial charge in [0.15, 0.2) is 0 Å². The lowest BCUT2D eigenvalue weighted by Crippen LogP contribution is -2.50. The molecule has 0 radical (unpaired) electrons. The van der Waals surface area contributed by atoms with E-state index in [1.165, 1.54) is 27.5 Å². The first kappa shape index (κ1) is 17.3. The SMILES string of the molecule is CSCC(=O)N1CCN(S(=O)(=O)c2cc(C(=O)O)cs2)CC1. The molecule has 1 saturated heterocycles. The van der Waals surface area contributed by atoms with Gasteiger partial charge in [-0.25, -0.2) is 13.2 Å². The average Bonchev–Trinajstić information content (AvgIpc) is 2.98. The number of hydrogen-bond acceptors (Lipinski definition) is 6. The maximum absolute atomic E-state index is 12.5. The summed E-state index contributed by atoms with van der Waals surface area (Å²) in [6, 6.07) is 1.17. The molecule has 1 aromatic heterocycles. The number of sulfonamides is 1. The molecule has 1 aliphatic rings. The van der Waals surface area contributed by atoms with E-state index < -0.39 is 16.0 Å². The van der Waals surface area contributed by atoms with Gasteiger partial charge in [0.25, 0.3) is 10.0 Å². The van der Waals surface area contributed by atoms with Gasteiger partial charge in [-0.15, -0.1) is 11.3 Å². The first-order valence-corrected chi connectivity index (χ1v) is 10.2. The van der Waals surface area contributed by atoms with Crippen molar-refractivity contribution in [3.05, 3.63) is 17.0 Å². The molecule has 22 heavy (non-hydrogen) atoms. The standard InChI is InChI=1S/C12H16N2O5S3/c1-20-8-10(15)13-2-4-14(5-3-13)22(18,19)11-6-9(7-21-11)12(16)17/h6-7H,2-5,8H2,1H3,(H,16,17). The van der Waals surface area contributed by atoms with Crippen molar-refractivity contribution < 1.29 is 23.1 Å². The second-order valence-corrected chi connectivity index (χ2v) is 8.62. The number of aromatic carboxylic acids is 1. The van der Waals surface area contributed by atoms with Gasteiger partial charge in [0.1, 0.15) is 4.21 Å². The Kier molecular flexibility index (Phi) is 5.48. The molecule has 7 nitrogen and oxygen atoms in total. The molecule has 1 aliphatic heterocycles. The molecule has 0 aliphatic carbocycles. The average molecular weight is 364 g/mol. The number of carboxylic acid groups (broad SMARTS) is 1. The second-order valence-electron chi connectivity index (χ2n) is 4.68. The van der Waals surface area contributed by atoms with Gasteiger partial charge in [-0.05, 0) is 12.3 Å².